The molecular weight excluding hydrogens is 318 g/mol. The minimum Gasteiger partial charge on any atom is -0.279 e. The minimum atomic E-state index is -3.61. The van der Waals surface area contributed by atoms with Crippen molar-refractivity contribution in [3.05, 3.63) is 65.7 Å². The van der Waals surface area contributed by atoms with E-state index < -0.39 is 10.0 Å². The molecule has 0 amide bonds. The molecule has 0 aromatic heterocycles. The molecule has 3 nitrogen and oxygen atoms in total. The second-order valence-electron chi connectivity index (χ2n) is 6.17. The quantitative estimate of drug-likeness (QED) is 0.740. The molecule has 0 aliphatic heterocycles. The van der Waals surface area contributed by atoms with Gasteiger partial charge in [-0.1, -0.05) is 49.8 Å². The van der Waals surface area contributed by atoms with E-state index in [2.05, 4.69) is 18.2 Å². The Morgan fingerprint density at radius 1 is 1.04 bits per heavy atom. The fourth-order valence-corrected chi connectivity index (χ4v) is 3.57. The maximum atomic E-state index is 12.7. The molecule has 1 N–H and O–H groups in total. The van der Waals surface area contributed by atoms with E-state index in [9.17, 15) is 8.42 Å². The topological polar surface area (TPSA) is 46.2 Å². The molecule has 4 heteroatoms. The van der Waals surface area contributed by atoms with Crippen molar-refractivity contribution in [1.82, 2.24) is 0 Å². The SMILES string of the molecule is C=C(CCCC)c1ccc(C)cc1NS(=O)(=O)c1ccc(C)cc1. The van der Waals surface area contributed by atoms with Crippen LogP contribution in [0, 0.1) is 13.8 Å². The van der Waals surface area contributed by atoms with Gasteiger partial charge in [0.2, 0.25) is 0 Å². The highest BCUT2D eigenvalue weighted by molar-refractivity contribution is 7.92. The number of anilines is 1. The number of rotatable bonds is 7. The zero-order valence-electron chi connectivity index (χ0n) is 14.6. The van der Waals surface area contributed by atoms with Gasteiger partial charge < -0.3 is 0 Å². The molecule has 128 valence electrons. The monoisotopic (exact) mass is 343 g/mol. The van der Waals surface area contributed by atoms with Gasteiger partial charge >= 0.3 is 0 Å². The Kier molecular flexibility index (Phi) is 5.84. The van der Waals surface area contributed by atoms with Gasteiger partial charge in [0.1, 0.15) is 0 Å². The third kappa shape index (κ3) is 4.48. The van der Waals surface area contributed by atoms with Crippen molar-refractivity contribution >= 4 is 21.3 Å². The molecule has 0 fully saturated rings. The first kappa shape index (κ1) is 18.3. The van der Waals surface area contributed by atoms with Crippen LogP contribution in [0.2, 0.25) is 0 Å². The summed E-state index contributed by atoms with van der Waals surface area (Å²) in [4.78, 5) is 0.264. The van der Waals surface area contributed by atoms with Gasteiger partial charge in [-0.3, -0.25) is 4.72 Å². The molecule has 0 spiro atoms. The van der Waals surface area contributed by atoms with Crippen molar-refractivity contribution in [2.24, 2.45) is 0 Å². The van der Waals surface area contributed by atoms with Crippen LogP contribution in [-0.2, 0) is 10.0 Å². The highest BCUT2D eigenvalue weighted by Crippen LogP contribution is 2.29. The molecule has 0 aliphatic carbocycles. The Morgan fingerprint density at radius 2 is 1.67 bits per heavy atom. The first-order valence-electron chi connectivity index (χ1n) is 8.22. The summed E-state index contributed by atoms with van der Waals surface area (Å²) in [6.07, 6.45) is 2.98. The van der Waals surface area contributed by atoms with Gasteiger partial charge in [0, 0.05) is 5.56 Å². The Labute approximate surface area is 145 Å². The lowest BCUT2D eigenvalue weighted by atomic mass is 9.99. The van der Waals surface area contributed by atoms with Crippen molar-refractivity contribution in [1.29, 1.82) is 0 Å². The van der Waals surface area contributed by atoms with Crippen LogP contribution in [0.1, 0.15) is 42.9 Å². The molecule has 0 radical (unpaired) electrons. The smallest absolute Gasteiger partial charge is 0.261 e. The molecule has 2 aromatic carbocycles. The van der Waals surface area contributed by atoms with E-state index in [1.54, 1.807) is 24.3 Å². The number of aryl methyl sites for hydroxylation is 2. The average Bonchev–Trinajstić information content (AvgIpc) is 2.52. The summed E-state index contributed by atoms with van der Waals surface area (Å²) < 4.78 is 28.1. The number of unbranched alkanes of at least 4 members (excludes halogenated alkanes) is 1. The van der Waals surface area contributed by atoms with E-state index in [0.717, 1.165) is 41.5 Å². The van der Waals surface area contributed by atoms with Crippen molar-refractivity contribution in [2.45, 2.75) is 44.9 Å². The number of benzene rings is 2. The molecule has 24 heavy (non-hydrogen) atoms. The summed E-state index contributed by atoms with van der Waals surface area (Å²) in [5.74, 6) is 0. The minimum absolute atomic E-state index is 0.264. The summed E-state index contributed by atoms with van der Waals surface area (Å²) in [6.45, 7) is 10.1. The van der Waals surface area contributed by atoms with E-state index >= 15 is 0 Å². The Hall–Kier alpha value is -2.07. The Bertz CT molecular complexity index is 821. The van der Waals surface area contributed by atoms with E-state index in [4.69, 9.17) is 0 Å². The van der Waals surface area contributed by atoms with E-state index in [0.29, 0.717) is 5.69 Å². The van der Waals surface area contributed by atoms with Crippen molar-refractivity contribution in [2.75, 3.05) is 4.72 Å². The largest absolute Gasteiger partial charge is 0.279 e. The predicted octanol–water partition coefficient (Wildman–Crippen LogP) is 5.31. The number of hydrogen-bond acceptors (Lipinski definition) is 2. The van der Waals surface area contributed by atoms with Crippen LogP contribution in [0.4, 0.5) is 5.69 Å². The van der Waals surface area contributed by atoms with Crippen LogP contribution >= 0.6 is 0 Å². The second kappa shape index (κ2) is 7.67. The molecule has 0 saturated carbocycles. The zero-order chi connectivity index (χ0) is 17.7. The van der Waals surface area contributed by atoms with Gasteiger partial charge in [-0.25, -0.2) is 8.42 Å². The highest BCUT2D eigenvalue weighted by atomic mass is 32.2. The van der Waals surface area contributed by atoms with Crippen LogP contribution in [0.15, 0.2) is 53.9 Å². The standard InChI is InChI=1S/C20H25NO2S/c1-5-6-7-17(4)19-13-10-16(3)14-20(19)21-24(22,23)18-11-8-15(2)9-12-18/h8-14,21H,4-7H2,1-3H3. The van der Waals surface area contributed by atoms with Crippen LogP contribution in [-0.4, -0.2) is 8.42 Å². The summed E-state index contributed by atoms with van der Waals surface area (Å²) >= 11 is 0. The van der Waals surface area contributed by atoms with Gasteiger partial charge in [0.15, 0.2) is 0 Å². The van der Waals surface area contributed by atoms with Crippen LogP contribution in [0.5, 0.6) is 0 Å². The van der Waals surface area contributed by atoms with E-state index in [-0.39, 0.29) is 4.90 Å². The fraction of sp³-hybridized carbons (Fsp3) is 0.300. The first-order valence-corrected chi connectivity index (χ1v) is 9.70. The molecule has 2 aromatic rings. The predicted molar refractivity (Wildman–Crippen MR) is 102 cm³/mol. The Balaban J connectivity index is 2.35. The van der Waals surface area contributed by atoms with E-state index in [1.807, 2.05) is 32.0 Å². The average molecular weight is 343 g/mol. The molecule has 0 bridgehead atoms. The van der Waals surface area contributed by atoms with Gasteiger partial charge in [-0.15, -0.1) is 0 Å². The van der Waals surface area contributed by atoms with Crippen LogP contribution < -0.4 is 4.72 Å². The molecule has 2 rings (SSSR count). The maximum absolute atomic E-state index is 12.7. The van der Waals surface area contributed by atoms with Crippen molar-refractivity contribution in [3.8, 4) is 0 Å². The molecule has 0 atom stereocenters. The first-order chi connectivity index (χ1) is 11.3. The maximum Gasteiger partial charge on any atom is 0.261 e. The molecule has 0 saturated heterocycles. The number of nitrogens with one attached hydrogen (secondary N) is 1. The lowest BCUT2D eigenvalue weighted by molar-refractivity contribution is 0.601. The van der Waals surface area contributed by atoms with Crippen LogP contribution in [0.25, 0.3) is 5.57 Å². The van der Waals surface area contributed by atoms with Gasteiger partial charge in [-0.05, 0) is 56.0 Å². The lowest BCUT2D eigenvalue weighted by Crippen LogP contribution is -2.14. The van der Waals surface area contributed by atoms with Gasteiger partial charge in [0.05, 0.1) is 10.6 Å². The normalized spacial score (nSPS) is 11.3. The second-order valence-corrected chi connectivity index (χ2v) is 7.86. The van der Waals surface area contributed by atoms with Crippen molar-refractivity contribution < 1.29 is 8.42 Å². The summed E-state index contributed by atoms with van der Waals surface area (Å²) in [5.41, 5.74) is 4.45. The summed E-state index contributed by atoms with van der Waals surface area (Å²) in [7, 11) is -3.61. The number of sulfonamides is 1. The van der Waals surface area contributed by atoms with Gasteiger partial charge in [0.25, 0.3) is 10.0 Å². The summed E-state index contributed by atoms with van der Waals surface area (Å²) in [5, 5.41) is 0. The van der Waals surface area contributed by atoms with Crippen molar-refractivity contribution in [3.63, 3.8) is 0 Å². The zero-order valence-corrected chi connectivity index (χ0v) is 15.4. The molecule has 0 aliphatic rings. The Morgan fingerprint density at radius 3 is 2.29 bits per heavy atom. The highest BCUT2D eigenvalue weighted by Gasteiger charge is 2.17. The number of allylic oxidation sites excluding steroid dienone is 1. The van der Waals surface area contributed by atoms with Gasteiger partial charge in [-0.2, -0.15) is 0 Å². The molecule has 0 heterocycles. The summed E-state index contributed by atoms with van der Waals surface area (Å²) in [6, 6.07) is 12.6. The number of hydrogen-bond donors (Lipinski definition) is 1. The van der Waals surface area contributed by atoms with Crippen LogP contribution in [0.3, 0.4) is 0 Å². The third-order valence-corrected chi connectivity index (χ3v) is 5.35. The molecule has 0 unspecified atom stereocenters. The van der Waals surface area contributed by atoms with E-state index in [1.165, 1.54) is 0 Å². The fourth-order valence-electron chi connectivity index (χ4n) is 2.50. The third-order valence-electron chi connectivity index (χ3n) is 3.96. The molecular formula is C20H25NO2S. The lowest BCUT2D eigenvalue weighted by Gasteiger charge is -2.15.